The van der Waals surface area contributed by atoms with Crippen molar-refractivity contribution in [1.29, 1.82) is 0 Å². The number of ether oxygens (including phenoxy) is 1. The predicted octanol–water partition coefficient (Wildman–Crippen LogP) is 5.23. The summed E-state index contributed by atoms with van der Waals surface area (Å²) in [6.45, 7) is 0. The number of hydrogen-bond donors (Lipinski definition) is 1. The second-order valence-electron chi connectivity index (χ2n) is 7.01. The van der Waals surface area contributed by atoms with Crippen LogP contribution in [0.25, 0.3) is 11.6 Å². The van der Waals surface area contributed by atoms with Gasteiger partial charge < -0.3 is 15.0 Å². The number of nitrogens with zero attached hydrogens (tertiary/aromatic N) is 1. The molecule has 3 aromatic carbocycles. The molecule has 158 valence electrons. The Balaban J connectivity index is 1.96. The highest BCUT2D eigenvalue weighted by atomic mass is 35.5. The molecule has 0 saturated heterocycles. The highest BCUT2D eigenvalue weighted by Gasteiger charge is 2.16. The molecule has 0 radical (unpaired) electrons. The van der Waals surface area contributed by atoms with Gasteiger partial charge in [-0.2, -0.15) is 0 Å². The van der Waals surface area contributed by atoms with Crippen molar-refractivity contribution < 1.29 is 14.3 Å². The third kappa shape index (κ3) is 5.32. The van der Waals surface area contributed by atoms with Gasteiger partial charge in [0.05, 0.1) is 17.7 Å². The van der Waals surface area contributed by atoms with E-state index >= 15 is 0 Å². The largest absolute Gasteiger partial charge is 0.496 e. The first kappa shape index (κ1) is 22.1. The molecule has 6 heteroatoms. The molecule has 3 rings (SSSR count). The first-order valence-electron chi connectivity index (χ1n) is 9.63. The van der Waals surface area contributed by atoms with Crippen molar-refractivity contribution in [1.82, 2.24) is 4.90 Å². The average molecular weight is 435 g/mol. The van der Waals surface area contributed by atoms with Gasteiger partial charge in [0.15, 0.2) is 0 Å². The van der Waals surface area contributed by atoms with Crippen molar-refractivity contribution >= 4 is 40.8 Å². The number of halogens is 1. The van der Waals surface area contributed by atoms with Gasteiger partial charge in [-0.05, 0) is 35.9 Å². The molecule has 0 spiro atoms. The van der Waals surface area contributed by atoms with Crippen LogP contribution in [-0.4, -0.2) is 37.9 Å². The molecule has 0 heterocycles. The van der Waals surface area contributed by atoms with Crippen LogP contribution >= 0.6 is 11.6 Å². The second kappa shape index (κ2) is 9.96. The molecular weight excluding hydrogens is 412 g/mol. The van der Waals surface area contributed by atoms with Crippen LogP contribution < -0.4 is 10.1 Å². The quantitative estimate of drug-likeness (QED) is 0.427. The Bertz CT molecular complexity index is 1120. The van der Waals surface area contributed by atoms with E-state index in [4.69, 9.17) is 16.3 Å². The highest BCUT2D eigenvalue weighted by Crippen LogP contribution is 2.27. The van der Waals surface area contributed by atoms with Gasteiger partial charge in [0.1, 0.15) is 5.75 Å². The summed E-state index contributed by atoms with van der Waals surface area (Å²) in [6.07, 6.45) is 1.79. The van der Waals surface area contributed by atoms with Crippen LogP contribution in [0.2, 0.25) is 5.02 Å². The SMILES string of the molecule is COc1ccccc1C=C(C(=O)Nc1ccc(C(=O)N(C)C)c(Cl)c1)c1ccccc1. The fourth-order valence-electron chi connectivity index (χ4n) is 3.04. The number of amides is 2. The third-order valence-electron chi connectivity index (χ3n) is 4.63. The Kier molecular flexibility index (Phi) is 7.11. The molecular formula is C25H23ClN2O3. The predicted molar refractivity (Wildman–Crippen MR) is 125 cm³/mol. The van der Waals surface area contributed by atoms with Gasteiger partial charge in [-0.25, -0.2) is 0 Å². The van der Waals surface area contributed by atoms with Crippen LogP contribution in [0.5, 0.6) is 5.75 Å². The minimum atomic E-state index is -0.306. The molecule has 5 nitrogen and oxygen atoms in total. The van der Waals surface area contributed by atoms with Crippen molar-refractivity contribution in [2.75, 3.05) is 26.5 Å². The van der Waals surface area contributed by atoms with Crippen molar-refractivity contribution in [2.45, 2.75) is 0 Å². The maximum Gasteiger partial charge on any atom is 0.256 e. The first-order chi connectivity index (χ1) is 14.9. The number of rotatable bonds is 6. The van der Waals surface area contributed by atoms with Crippen LogP contribution in [0.3, 0.4) is 0 Å². The summed E-state index contributed by atoms with van der Waals surface area (Å²) in [7, 11) is 4.90. The standard InChI is InChI=1S/C25H23ClN2O3/c1-28(2)25(30)20-14-13-19(16-22(20)26)27-24(29)21(17-9-5-4-6-10-17)15-18-11-7-8-12-23(18)31-3/h4-16H,1-3H3,(H,27,29). The minimum absolute atomic E-state index is 0.205. The van der Waals surface area contributed by atoms with E-state index in [0.717, 1.165) is 11.1 Å². The van der Waals surface area contributed by atoms with Gasteiger partial charge in [0, 0.05) is 30.9 Å². The number of para-hydroxylation sites is 1. The third-order valence-corrected chi connectivity index (χ3v) is 4.94. The van der Waals surface area contributed by atoms with E-state index in [1.807, 2.05) is 54.6 Å². The Morgan fingerprint density at radius 3 is 2.29 bits per heavy atom. The number of benzene rings is 3. The number of anilines is 1. The lowest BCUT2D eigenvalue weighted by Gasteiger charge is -2.14. The monoisotopic (exact) mass is 434 g/mol. The van der Waals surface area contributed by atoms with Gasteiger partial charge in [0.2, 0.25) is 0 Å². The zero-order chi connectivity index (χ0) is 22.4. The summed E-state index contributed by atoms with van der Waals surface area (Å²) in [5, 5.41) is 3.15. The molecule has 0 atom stereocenters. The number of carbonyl (C=O) groups excluding carboxylic acids is 2. The average Bonchev–Trinajstić information content (AvgIpc) is 2.77. The van der Waals surface area contributed by atoms with Crippen molar-refractivity contribution in [3.8, 4) is 5.75 Å². The molecule has 0 aliphatic heterocycles. The zero-order valence-electron chi connectivity index (χ0n) is 17.6. The first-order valence-corrected chi connectivity index (χ1v) is 10.0. The van der Waals surface area contributed by atoms with E-state index in [0.29, 0.717) is 22.6 Å². The minimum Gasteiger partial charge on any atom is -0.496 e. The Labute approximate surface area is 186 Å². The molecule has 0 aliphatic carbocycles. The van der Waals surface area contributed by atoms with E-state index in [-0.39, 0.29) is 16.8 Å². The maximum atomic E-state index is 13.2. The lowest BCUT2D eigenvalue weighted by molar-refractivity contribution is -0.111. The molecule has 2 amide bonds. The van der Waals surface area contributed by atoms with Gasteiger partial charge in [-0.15, -0.1) is 0 Å². The summed E-state index contributed by atoms with van der Waals surface area (Å²) in [5.41, 5.74) is 2.87. The molecule has 0 unspecified atom stereocenters. The summed E-state index contributed by atoms with van der Waals surface area (Å²) in [6, 6.07) is 21.7. The number of nitrogens with one attached hydrogen (secondary N) is 1. The lowest BCUT2D eigenvalue weighted by atomic mass is 10.0. The molecule has 0 saturated carbocycles. The highest BCUT2D eigenvalue weighted by molar-refractivity contribution is 6.34. The fraction of sp³-hybridized carbons (Fsp3) is 0.120. The normalized spacial score (nSPS) is 11.0. The second-order valence-corrected chi connectivity index (χ2v) is 7.42. The Hall–Kier alpha value is -3.57. The molecule has 0 fully saturated rings. The number of carbonyl (C=O) groups is 2. The van der Waals surface area contributed by atoms with Gasteiger partial charge in [-0.1, -0.05) is 60.1 Å². The number of hydrogen-bond acceptors (Lipinski definition) is 3. The van der Waals surface area contributed by atoms with E-state index < -0.39 is 0 Å². The number of methoxy groups -OCH3 is 1. The zero-order valence-corrected chi connectivity index (χ0v) is 18.3. The van der Waals surface area contributed by atoms with E-state index in [1.165, 1.54) is 4.90 Å². The lowest BCUT2D eigenvalue weighted by Crippen LogP contribution is -2.22. The molecule has 31 heavy (non-hydrogen) atoms. The van der Waals surface area contributed by atoms with Crippen molar-refractivity contribution in [2.24, 2.45) is 0 Å². The fourth-order valence-corrected chi connectivity index (χ4v) is 3.31. The Morgan fingerprint density at radius 2 is 1.65 bits per heavy atom. The summed E-state index contributed by atoms with van der Waals surface area (Å²) in [5.74, 6) is 0.155. The smallest absolute Gasteiger partial charge is 0.256 e. The molecule has 0 bridgehead atoms. The van der Waals surface area contributed by atoms with Crippen LogP contribution in [0.4, 0.5) is 5.69 Å². The van der Waals surface area contributed by atoms with E-state index in [1.54, 1.807) is 45.5 Å². The summed E-state index contributed by atoms with van der Waals surface area (Å²) < 4.78 is 5.42. The topological polar surface area (TPSA) is 58.6 Å². The van der Waals surface area contributed by atoms with Crippen LogP contribution in [0.1, 0.15) is 21.5 Å². The van der Waals surface area contributed by atoms with Gasteiger partial charge >= 0.3 is 0 Å². The molecule has 0 aromatic heterocycles. The summed E-state index contributed by atoms with van der Waals surface area (Å²) >= 11 is 6.29. The van der Waals surface area contributed by atoms with Crippen LogP contribution in [-0.2, 0) is 4.79 Å². The van der Waals surface area contributed by atoms with E-state index in [2.05, 4.69) is 5.32 Å². The summed E-state index contributed by atoms with van der Waals surface area (Å²) in [4.78, 5) is 26.9. The molecule has 0 aliphatic rings. The molecule has 1 N–H and O–H groups in total. The maximum absolute atomic E-state index is 13.2. The van der Waals surface area contributed by atoms with Crippen molar-refractivity contribution in [3.05, 3.63) is 94.5 Å². The van der Waals surface area contributed by atoms with Crippen LogP contribution in [0.15, 0.2) is 72.8 Å². The van der Waals surface area contributed by atoms with E-state index in [9.17, 15) is 9.59 Å². The van der Waals surface area contributed by atoms with Gasteiger partial charge in [0.25, 0.3) is 11.8 Å². The Morgan fingerprint density at radius 1 is 0.968 bits per heavy atom. The van der Waals surface area contributed by atoms with Crippen molar-refractivity contribution in [3.63, 3.8) is 0 Å². The van der Waals surface area contributed by atoms with Gasteiger partial charge in [-0.3, -0.25) is 9.59 Å². The van der Waals surface area contributed by atoms with Crippen LogP contribution in [0, 0.1) is 0 Å². The molecule has 3 aromatic rings.